The Kier molecular flexibility index (Phi) is 6.60. The van der Waals surface area contributed by atoms with E-state index in [1.807, 2.05) is 19.1 Å². The van der Waals surface area contributed by atoms with Gasteiger partial charge in [0.15, 0.2) is 16.2 Å². The van der Waals surface area contributed by atoms with Crippen molar-refractivity contribution in [2.75, 3.05) is 11.6 Å². The quantitative estimate of drug-likeness (QED) is 0.552. The molecule has 2 heterocycles. The maximum atomic E-state index is 12.7. The average Bonchev–Trinajstić information content (AvgIpc) is 3.36. The third kappa shape index (κ3) is 5.23. The third-order valence-electron chi connectivity index (χ3n) is 5.60. The molecule has 0 aliphatic carbocycles. The molecule has 1 unspecified atom stereocenters. The summed E-state index contributed by atoms with van der Waals surface area (Å²) in [6.07, 6.45) is 4.76. The number of aromatic nitrogens is 1. The van der Waals surface area contributed by atoms with Crippen LogP contribution in [0.1, 0.15) is 41.4 Å². The Hall–Kier alpha value is -3.79. The van der Waals surface area contributed by atoms with Crippen molar-refractivity contribution in [3.8, 4) is 0 Å². The van der Waals surface area contributed by atoms with Crippen LogP contribution in [0, 0.1) is 5.92 Å². The van der Waals surface area contributed by atoms with E-state index in [4.69, 9.17) is 4.42 Å². The molecule has 1 aromatic heterocycles. The molecule has 0 saturated heterocycles. The highest BCUT2D eigenvalue weighted by atomic mass is 32.2. The van der Waals surface area contributed by atoms with Crippen LogP contribution >= 0.6 is 0 Å². The second-order valence-corrected chi connectivity index (χ2v) is 10.1. The zero-order chi connectivity index (χ0) is 24.3. The van der Waals surface area contributed by atoms with Gasteiger partial charge in [-0.25, -0.2) is 18.4 Å². The van der Waals surface area contributed by atoms with Crippen LogP contribution in [0.4, 0.5) is 5.69 Å². The summed E-state index contributed by atoms with van der Waals surface area (Å²) >= 11 is 0. The highest BCUT2D eigenvalue weighted by Gasteiger charge is 2.29. The van der Waals surface area contributed by atoms with E-state index in [2.05, 4.69) is 15.4 Å². The first kappa shape index (κ1) is 23.4. The Bertz CT molecular complexity index is 1310. The lowest BCUT2D eigenvalue weighted by atomic mass is 9.90. The van der Waals surface area contributed by atoms with Gasteiger partial charge in [-0.3, -0.25) is 9.59 Å². The Morgan fingerprint density at radius 1 is 1.15 bits per heavy atom. The number of rotatable bonds is 7. The van der Waals surface area contributed by atoms with E-state index in [0.29, 0.717) is 12.1 Å². The van der Waals surface area contributed by atoms with Crippen molar-refractivity contribution in [3.63, 3.8) is 0 Å². The number of nitrogens with zero attached hydrogens (tertiary/aromatic N) is 3. The average molecular weight is 481 g/mol. The van der Waals surface area contributed by atoms with Gasteiger partial charge in [0.25, 0.3) is 5.91 Å². The van der Waals surface area contributed by atoms with Crippen molar-refractivity contribution in [1.29, 1.82) is 0 Å². The molecule has 2 amide bonds. The number of benzene rings is 2. The molecule has 0 spiro atoms. The fraction of sp³-hybridized carbons (Fsp3) is 0.250. The van der Waals surface area contributed by atoms with Crippen LogP contribution in [-0.2, 0) is 21.2 Å². The number of carbonyl (C=O) groups is 2. The summed E-state index contributed by atoms with van der Waals surface area (Å²) in [4.78, 5) is 28.8. The minimum atomic E-state index is -3.29. The molecule has 0 saturated carbocycles. The lowest BCUT2D eigenvalue weighted by molar-refractivity contribution is -0.133. The molecule has 0 fully saturated rings. The molecule has 9 nitrogen and oxygen atoms in total. The first-order valence-electron chi connectivity index (χ1n) is 10.7. The maximum absolute atomic E-state index is 12.7. The summed E-state index contributed by atoms with van der Waals surface area (Å²) in [6.45, 7) is 2.27. The molecule has 2 aromatic carbocycles. The zero-order valence-electron chi connectivity index (χ0n) is 18.8. The highest BCUT2D eigenvalue weighted by molar-refractivity contribution is 7.90. The van der Waals surface area contributed by atoms with Crippen LogP contribution in [0.3, 0.4) is 0 Å². The smallest absolute Gasteiger partial charge is 0.293 e. The van der Waals surface area contributed by atoms with Gasteiger partial charge in [0.05, 0.1) is 23.3 Å². The maximum Gasteiger partial charge on any atom is 0.293 e. The van der Waals surface area contributed by atoms with Crippen LogP contribution in [0.15, 0.2) is 75.5 Å². The number of hydrazone groups is 1. The molecule has 0 bridgehead atoms. The number of anilines is 1. The van der Waals surface area contributed by atoms with Gasteiger partial charge in [-0.2, -0.15) is 5.10 Å². The predicted molar refractivity (Wildman–Crippen MR) is 126 cm³/mol. The molecule has 176 valence electrons. The van der Waals surface area contributed by atoms with Crippen LogP contribution < -0.4 is 5.32 Å². The van der Waals surface area contributed by atoms with Crippen molar-refractivity contribution in [1.82, 2.24) is 9.99 Å². The Morgan fingerprint density at radius 3 is 2.44 bits per heavy atom. The van der Waals surface area contributed by atoms with Gasteiger partial charge >= 0.3 is 0 Å². The van der Waals surface area contributed by atoms with Gasteiger partial charge < -0.3 is 9.73 Å². The largest absolute Gasteiger partial charge is 0.438 e. The van der Waals surface area contributed by atoms with Crippen molar-refractivity contribution >= 4 is 33.1 Å². The molecule has 3 aromatic rings. The summed E-state index contributed by atoms with van der Waals surface area (Å²) in [5.74, 6) is -0.411. The van der Waals surface area contributed by atoms with Crippen molar-refractivity contribution in [3.05, 3.63) is 78.0 Å². The number of nitrogens with one attached hydrogen (secondary N) is 1. The number of carbonyl (C=O) groups excluding carboxylic acids is 2. The van der Waals surface area contributed by atoms with Gasteiger partial charge in [0.1, 0.15) is 0 Å². The molecular formula is C24H24N4O5S. The highest BCUT2D eigenvalue weighted by Crippen LogP contribution is 2.26. The normalized spacial score (nSPS) is 16.3. The number of hydrogen-bond acceptors (Lipinski definition) is 7. The standard InChI is InChI=1S/C24H24N4O5S/c1-3-17-12-22(29)28(27-23(17)18-6-10-20(11-7-18)34(2,31)32)14-16-4-8-19(9-5-16)26-24(30)21-13-25-15-33-21/h4-11,13,15,17H,3,12,14H2,1-2H3,(H,26,30). The fourth-order valence-corrected chi connectivity index (χ4v) is 4.33. The Morgan fingerprint density at radius 2 is 1.85 bits per heavy atom. The zero-order valence-corrected chi connectivity index (χ0v) is 19.6. The first-order valence-corrected chi connectivity index (χ1v) is 12.6. The number of hydrogen-bond donors (Lipinski definition) is 1. The molecule has 1 aliphatic heterocycles. The molecule has 34 heavy (non-hydrogen) atoms. The third-order valence-corrected chi connectivity index (χ3v) is 6.72. The number of oxazole rings is 1. The summed E-state index contributed by atoms with van der Waals surface area (Å²) in [6, 6.07) is 13.7. The lowest BCUT2D eigenvalue weighted by Gasteiger charge is -2.29. The van der Waals surface area contributed by atoms with Gasteiger partial charge in [0.2, 0.25) is 11.7 Å². The first-order chi connectivity index (χ1) is 16.2. The summed E-state index contributed by atoms with van der Waals surface area (Å²) in [7, 11) is -3.29. The Labute approximate surface area is 197 Å². The topological polar surface area (TPSA) is 122 Å². The van der Waals surface area contributed by atoms with Crippen molar-refractivity contribution in [2.24, 2.45) is 11.0 Å². The SMILES string of the molecule is CCC1CC(=O)N(Cc2ccc(NC(=O)c3cnco3)cc2)N=C1c1ccc(S(C)(=O)=O)cc1. The monoisotopic (exact) mass is 480 g/mol. The second kappa shape index (κ2) is 9.60. The predicted octanol–water partition coefficient (Wildman–Crippen LogP) is 3.49. The summed E-state index contributed by atoms with van der Waals surface area (Å²) < 4.78 is 28.5. The van der Waals surface area contributed by atoms with E-state index >= 15 is 0 Å². The van der Waals surface area contributed by atoms with E-state index in [1.54, 1.807) is 36.4 Å². The fourth-order valence-electron chi connectivity index (χ4n) is 3.69. The van der Waals surface area contributed by atoms with Gasteiger partial charge in [0, 0.05) is 24.3 Å². The van der Waals surface area contributed by atoms with Crippen LogP contribution in [0.25, 0.3) is 0 Å². The molecule has 0 radical (unpaired) electrons. The van der Waals surface area contributed by atoms with Crippen LogP contribution in [0.5, 0.6) is 0 Å². The van der Waals surface area contributed by atoms with Crippen LogP contribution in [-0.4, -0.2) is 42.2 Å². The summed E-state index contributed by atoms with van der Waals surface area (Å²) in [5, 5.41) is 8.79. The minimum Gasteiger partial charge on any atom is -0.438 e. The van der Waals surface area contributed by atoms with Crippen molar-refractivity contribution < 1.29 is 22.4 Å². The van der Waals surface area contributed by atoms with Gasteiger partial charge in [-0.15, -0.1) is 0 Å². The van der Waals surface area contributed by atoms with E-state index < -0.39 is 15.7 Å². The Balaban J connectivity index is 1.51. The van der Waals surface area contributed by atoms with Crippen molar-refractivity contribution in [2.45, 2.75) is 31.2 Å². The molecule has 4 rings (SSSR count). The number of sulfone groups is 1. The molecule has 1 aliphatic rings. The number of amides is 2. The molecule has 10 heteroatoms. The second-order valence-electron chi connectivity index (χ2n) is 8.06. The van der Waals surface area contributed by atoms with E-state index in [0.717, 1.165) is 23.3 Å². The molecule has 1 atom stereocenters. The van der Waals surface area contributed by atoms with Gasteiger partial charge in [-0.1, -0.05) is 31.2 Å². The van der Waals surface area contributed by atoms with Gasteiger partial charge in [-0.05, 0) is 41.8 Å². The lowest BCUT2D eigenvalue weighted by Crippen LogP contribution is -2.36. The minimum absolute atomic E-state index is 0.0403. The van der Waals surface area contributed by atoms with E-state index in [-0.39, 0.29) is 29.0 Å². The summed E-state index contributed by atoms with van der Waals surface area (Å²) in [5.41, 5.74) is 2.98. The van der Waals surface area contributed by atoms with E-state index in [9.17, 15) is 18.0 Å². The van der Waals surface area contributed by atoms with E-state index in [1.165, 1.54) is 23.9 Å². The van der Waals surface area contributed by atoms with Crippen LogP contribution in [0.2, 0.25) is 0 Å². The molecular weight excluding hydrogens is 456 g/mol. The molecule has 1 N–H and O–H groups in total.